The third kappa shape index (κ3) is 5.02. The highest BCUT2D eigenvalue weighted by molar-refractivity contribution is 5.37. The van der Waals surface area contributed by atoms with Gasteiger partial charge < -0.3 is 10.6 Å². The molecule has 2 aromatic rings. The molecule has 1 aliphatic carbocycles. The Hall–Kier alpha value is -2.50. The van der Waals surface area contributed by atoms with Crippen molar-refractivity contribution in [2.45, 2.75) is 38.6 Å². The molecule has 120 valence electrons. The SMILES string of the molecule is C1=C(CCNc2cnnc(NCc3cccnc3)n2)CCCC1. The normalized spacial score (nSPS) is 14.2. The van der Waals surface area contributed by atoms with Crippen molar-refractivity contribution in [3.63, 3.8) is 0 Å². The van der Waals surface area contributed by atoms with Crippen molar-refractivity contribution in [3.05, 3.63) is 47.9 Å². The molecule has 0 radical (unpaired) electrons. The molecule has 0 saturated carbocycles. The first-order valence-corrected chi connectivity index (χ1v) is 8.14. The Morgan fingerprint density at radius 2 is 2.13 bits per heavy atom. The minimum absolute atomic E-state index is 0.524. The number of anilines is 2. The predicted molar refractivity (Wildman–Crippen MR) is 91.0 cm³/mol. The smallest absolute Gasteiger partial charge is 0.244 e. The summed E-state index contributed by atoms with van der Waals surface area (Å²) in [5.41, 5.74) is 2.64. The number of allylic oxidation sites excluding steroid dienone is 1. The number of rotatable bonds is 7. The number of nitrogens with zero attached hydrogens (tertiary/aromatic N) is 4. The summed E-state index contributed by atoms with van der Waals surface area (Å²) in [7, 11) is 0. The molecule has 3 rings (SSSR count). The van der Waals surface area contributed by atoms with Gasteiger partial charge in [0, 0.05) is 25.5 Å². The Balaban J connectivity index is 1.48. The molecule has 0 aliphatic heterocycles. The lowest BCUT2D eigenvalue weighted by Crippen LogP contribution is -2.09. The van der Waals surface area contributed by atoms with Gasteiger partial charge in [-0.05, 0) is 43.7 Å². The van der Waals surface area contributed by atoms with Crippen LogP contribution in [0.5, 0.6) is 0 Å². The Labute approximate surface area is 136 Å². The number of aromatic nitrogens is 4. The molecule has 2 heterocycles. The molecule has 0 amide bonds. The molecule has 1 aliphatic rings. The average molecular weight is 310 g/mol. The van der Waals surface area contributed by atoms with E-state index in [4.69, 9.17) is 0 Å². The van der Waals surface area contributed by atoms with Crippen LogP contribution in [0.1, 0.15) is 37.7 Å². The van der Waals surface area contributed by atoms with E-state index >= 15 is 0 Å². The first-order chi connectivity index (χ1) is 11.4. The molecular weight excluding hydrogens is 288 g/mol. The summed E-state index contributed by atoms with van der Waals surface area (Å²) in [4.78, 5) is 8.52. The summed E-state index contributed by atoms with van der Waals surface area (Å²) in [5.74, 6) is 1.28. The number of pyridine rings is 1. The van der Waals surface area contributed by atoms with Crippen LogP contribution in [0.25, 0.3) is 0 Å². The van der Waals surface area contributed by atoms with Gasteiger partial charge in [0.05, 0.1) is 6.20 Å². The van der Waals surface area contributed by atoms with Gasteiger partial charge in [-0.15, -0.1) is 5.10 Å². The maximum Gasteiger partial charge on any atom is 0.244 e. The van der Waals surface area contributed by atoms with E-state index in [2.05, 4.69) is 36.9 Å². The van der Waals surface area contributed by atoms with Gasteiger partial charge in [-0.3, -0.25) is 4.98 Å². The second-order valence-electron chi connectivity index (χ2n) is 5.66. The standard InChI is InChI=1S/C17H22N6/c1-2-5-14(6-3-1)8-10-19-16-13-21-23-17(22-16)20-12-15-7-4-9-18-11-15/h4-5,7,9,11,13H,1-3,6,8,10,12H2,(H2,19,20,22,23). The first-order valence-electron chi connectivity index (χ1n) is 8.14. The molecular formula is C17H22N6. The van der Waals surface area contributed by atoms with Gasteiger partial charge in [0.15, 0.2) is 5.82 Å². The maximum atomic E-state index is 4.43. The van der Waals surface area contributed by atoms with E-state index in [1.807, 2.05) is 18.3 Å². The molecule has 2 N–H and O–H groups in total. The Morgan fingerprint density at radius 3 is 2.96 bits per heavy atom. The van der Waals surface area contributed by atoms with Crippen LogP contribution in [0.4, 0.5) is 11.8 Å². The summed E-state index contributed by atoms with van der Waals surface area (Å²) < 4.78 is 0. The van der Waals surface area contributed by atoms with Gasteiger partial charge in [-0.2, -0.15) is 10.1 Å². The number of hydrogen-bond donors (Lipinski definition) is 2. The summed E-state index contributed by atoms with van der Waals surface area (Å²) in [6.07, 6.45) is 13.8. The number of nitrogens with one attached hydrogen (secondary N) is 2. The minimum Gasteiger partial charge on any atom is -0.368 e. The molecule has 0 bridgehead atoms. The largest absolute Gasteiger partial charge is 0.368 e. The molecule has 2 aromatic heterocycles. The highest BCUT2D eigenvalue weighted by Crippen LogP contribution is 2.19. The van der Waals surface area contributed by atoms with Crippen LogP contribution >= 0.6 is 0 Å². The summed E-state index contributed by atoms with van der Waals surface area (Å²) >= 11 is 0. The topological polar surface area (TPSA) is 75.6 Å². The minimum atomic E-state index is 0.524. The van der Waals surface area contributed by atoms with Crippen LogP contribution in [0, 0.1) is 0 Å². The van der Waals surface area contributed by atoms with Gasteiger partial charge >= 0.3 is 0 Å². The highest BCUT2D eigenvalue weighted by Gasteiger charge is 2.04. The van der Waals surface area contributed by atoms with E-state index in [9.17, 15) is 0 Å². The molecule has 0 unspecified atom stereocenters. The Kier molecular flexibility index (Phi) is 5.50. The zero-order valence-electron chi connectivity index (χ0n) is 13.2. The van der Waals surface area contributed by atoms with E-state index < -0.39 is 0 Å². The first kappa shape index (κ1) is 15.4. The van der Waals surface area contributed by atoms with Crippen molar-refractivity contribution in [3.8, 4) is 0 Å². The van der Waals surface area contributed by atoms with Crippen LogP contribution in [0.15, 0.2) is 42.4 Å². The average Bonchev–Trinajstić information content (AvgIpc) is 2.62. The van der Waals surface area contributed by atoms with Crippen LogP contribution in [0.3, 0.4) is 0 Å². The molecule has 0 aromatic carbocycles. The summed E-state index contributed by atoms with van der Waals surface area (Å²) in [5, 5.41) is 14.5. The van der Waals surface area contributed by atoms with Crippen LogP contribution in [-0.2, 0) is 6.54 Å². The second-order valence-corrected chi connectivity index (χ2v) is 5.66. The third-order valence-electron chi connectivity index (χ3n) is 3.87. The lowest BCUT2D eigenvalue weighted by atomic mass is 9.97. The van der Waals surface area contributed by atoms with Gasteiger partial charge in [-0.25, -0.2) is 0 Å². The van der Waals surface area contributed by atoms with Crippen molar-refractivity contribution in [2.75, 3.05) is 17.2 Å². The molecule has 0 atom stereocenters. The fraction of sp³-hybridized carbons (Fsp3) is 0.412. The molecule has 0 saturated heterocycles. The lowest BCUT2D eigenvalue weighted by Gasteiger charge is -2.13. The van der Waals surface area contributed by atoms with Crippen molar-refractivity contribution < 1.29 is 0 Å². The maximum absolute atomic E-state index is 4.43. The predicted octanol–water partition coefficient (Wildman–Crippen LogP) is 3.18. The fourth-order valence-electron chi connectivity index (χ4n) is 2.63. The molecule has 0 fully saturated rings. The molecule has 0 spiro atoms. The van der Waals surface area contributed by atoms with Crippen molar-refractivity contribution in [1.29, 1.82) is 0 Å². The zero-order chi connectivity index (χ0) is 15.7. The van der Waals surface area contributed by atoms with E-state index in [1.54, 1.807) is 18.0 Å². The third-order valence-corrected chi connectivity index (χ3v) is 3.87. The van der Waals surface area contributed by atoms with Gasteiger partial charge in [0.1, 0.15) is 0 Å². The monoisotopic (exact) mass is 310 g/mol. The van der Waals surface area contributed by atoms with E-state index in [0.717, 1.165) is 24.3 Å². The van der Waals surface area contributed by atoms with Crippen LogP contribution < -0.4 is 10.6 Å². The molecule has 23 heavy (non-hydrogen) atoms. The van der Waals surface area contributed by atoms with Crippen molar-refractivity contribution in [2.24, 2.45) is 0 Å². The van der Waals surface area contributed by atoms with E-state index in [-0.39, 0.29) is 0 Å². The summed E-state index contributed by atoms with van der Waals surface area (Å²) in [6.45, 7) is 1.51. The van der Waals surface area contributed by atoms with Crippen molar-refractivity contribution in [1.82, 2.24) is 20.2 Å². The number of hydrogen-bond acceptors (Lipinski definition) is 6. The second kappa shape index (κ2) is 8.22. The van der Waals surface area contributed by atoms with Crippen LogP contribution in [0.2, 0.25) is 0 Å². The fourth-order valence-corrected chi connectivity index (χ4v) is 2.63. The van der Waals surface area contributed by atoms with Crippen LogP contribution in [-0.4, -0.2) is 26.7 Å². The molecule has 6 nitrogen and oxygen atoms in total. The lowest BCUT2D eigenvalue weighted by molar-refractivity contribution is 0.679. The highest BCUT2D eigenvalue weighted by atomic mass is 15.3. The zero-order valence-corrected chi connectivity index (χ0v) is 13.2. The molecule has 6 heteroatoms. The van der Waals surface area contributed by atoms with Gasteiger partial charge in [0.25, 0.3) is 0 Å². The van der Waals surface area contributed by atoms with E-state index in [1.165, 1.54) is 25.7 Å². The Morgan fingerprint density at radius 1 is 1.13 bits per heavy atom. The Bertz CT molecular complexity index is 641. The van der Waals surface area contributed by atoms with E-state index in [0.29, 0.717) is 12.5 Å². The quantitative estimate of drug-likeness (QED) is 0.765. The van der Waals surface area contributed by atoms with Gasteiger partial charge in [0.2, 0.25) is 5.95 Å². The van der Waals surface area contributed by atoms with Crippen molar-refractivity contribution >= 4 is 11.8 Å². The summed E-state index contributed by atoms with van der Waals surface area (Å²) in [6, 6.07) is 3.92. The van der Waals surface area contributed by atoms with Gasteiger partial charge in [-0.1, -0.05) is 17.7 Å².